The first-order valence-electron chi connectivity index (χ1n) is 13.1. The van der Waals surface area contributed by atoms with E-state index in [2.05, 4.69) is 27.1 Å². The highest BCUT2D eigenvalue weighted by Crippen LogP contribution is 2.40. The molecular formula is C26H30F6N6O5S. The van der Waals surface area contributed by atoms with Crippen LogP contribution < -0.4 is 10.2 Å². The Morgan fingerprint density at radius 2 is 1.68 bits per heavy atom. The Kier molecular flexibility index (Phi) is 10.6. The Labute approximate surface area is 252 Å². The molecule has 18 heteroatoms. The van der Waals surface area contributed by atoms with Crippen LogP contribution in [0.25, 0.3) is 0 Å². The van der Waals surface area contributed by atoms with E-state index in [-0.39, 0.29) is 17.5 Å². The maximum Gasteiger partial charge on any atom is 0.490 e. The molecule has 2 aromatic heterocycles. The average Bonchev–Trinajstić information content (AvgIpc) is 3.47. The predicted octanol–water partition coefficient (Wildman–Crippen LogP) is 4.12. The standard InChI is InChI=1S/C24H29F3N6O3S.C2HF3O2/c1-23(2)21(35)33(20-13-17(15-37-20)24(25,26)27)22(36)32(23)14-16-4-6-28-18(12-16)29-19(34)5-7-31-10-8-30(3)9-11-31;3-2(4,5)1(6)7/h4,6,12-13,15H,5,7-11,14H2,1-3H3,(H,28,29,34);(H,6,7). The van der Waals surface area contributed by atoms with E-state index >= 15 is 0 Å². The number of anilines is 2. The number of aliphatic carboxylic acids is 1. The molecule has 0 aromatic carbocycles. The Morgan fingerprint density at radius 1 is 1.07 bits per heavy atom. The number of halogens is 6. The summed E-state index contributed by atoms with van der Waals surface area (Å²) in [5.74, 6) is -3.23. The molecule has 0 spiro atoms. The highest BCUT2D eigenvalue weighted by molar-refractivity contribution is 7.14. The molecule has 2 aliphatic heterocycles. The molecule has 2 aliphatic rings. The molecule has 0 unspecified atom stereocenters. The zero-order chi connectivity index (χ0) is 33.0. The maximum atomic E-state index is 13.2. The second kappa shape index (κ2) is 13.5. The van der Waals surface area contributed by atoms with Crippen molar-refractivity contribution in [3.8, 4) is 0 Å². The summed E-state index contributed by atoms with van der Waals surface area (Å²) >= 11 is 0.689. The molecule has 0 atom stereocenters. The molecule has 2 aromatic rings. The molecule has 242 valence electrons. The summed E-state index contributed by atoms with van der Waals surface area (Å²) in [4.78, 5) is 58.3. The van der Waals surface area contributed by atoms with Gasteiger partial charge in [-0.1, -0.05) is 0 Å². The van der Waals surface area contributed by atoms with Gasteiger partial charge in [0.2, 0.25) is 5.91 Å². The number of pyridine rings is 1. The minimum Gasteiger partial charge on any atom is -0.475 e. The predicted molar refractivity (Wildman–Crippen MR) is 147 cm³/mol. The zero-order valence-corrected chi connectivity index (χ0v) is 24.6. The molecule has 0 radical (unpaired) electrons. The largest absolute Gasteiger partial charge is 0.490 e. The lowest BCUT2D eigenvalue weighted by Crippen LogP contribution is -2.45. The van der Waals surface area contributed by atoms with E-state index in [1.807, 2.05) is 0 Å². The number of hydrogen-bond donors (Lipinski definition) is 2. The molecule has 2 N–H and O–H groups in total. The van der Waals surface area contributed by atoms with Gasteiger partial charge in [-0.25, -0.2) is 19.5 Å². The van der Waals surface area contributed by atoms with E-state index in [1.165, 1.54) is 11.1 Å². The average molecular weight is 653 g/mol. The molecule has 2 saturated heterocycles. The Bertz CT molecular complexity index is 1370. The lowest BCUT2D eigenvalue weighted by atomic mass is 10.0. The topological polar surface area (TPSA) is 126 Å². The molecule has 0 bridgehead atoms. The normalized spacial score (nSPS) is 17.8. The van der Waals surface area contributed by atoms with Crippen molar-refractivity contribution >= 4 is 46.0 Å². The number of hydrogen-bond acceptors (Lipinski definition) is 8. The van der Waals surface area contributed by atoms with Crippen molar-refractivity contribution in [2.45, 2.75) is 44.7 Å². The smallest absolute Gasteiger partial charge is 0.475 e. The summed E-state index contributed by atoms with van der Waals surface area (Å²) in [6, 6.07) is 3.38. The fourth-order valence-electron chi connectivity index (χ4n) is 4.25. The van der Waals surface area contributed by atoms with Crippen molar-refractivity contribution < 1.29 is 50.6 Å². The van der Waals surface area contributed by atoms with Gasteiger partial charge in [-0.2, -0.15) is 26.3 Å². The number of imide groups is 1. The summed E-state index contributed by atoms with van der Waals surface area (Å²) in [6.07, 6.45) is -7.84. The molecule has 44 heavy (non-hydrogen) atoms. The van der Waals surface area contributed by atoms with E-state index in [9.17, 15) is 40.7 Å². The van der Waals surface area contributed by atoms with Gasteiger partial charge in [0.15, 0.2) is 0 Å². The number of rotatable bonds is 7. The van der Waals surface area contributed by atoms with E-state index in [0.717, 1.165) is 42.5 Å². The number of carboxylic acid groups (broad SMARTS) is 1. The van der Waals surface area contributed by atoms with E-state index in [4.69, 9.17) is 9.90 Å². The molecule has 4 amide bonds. The molecule has 0 aliphatic carbocycles. The lowest BCUT2D eigenvalue weighted by molar-refractivity contribution is -0.192. The van der Waals surface area contributed by atoms with Gasteiger partial charge < -0.3 is 25.1 Å². The van der Waals surface area contributed by atoms with Gasteiger partial charge in [-0.3, -0.25) is 9.59 Å². The highest BCUT2D eigenvalue weighted by Gasteiger charge is 2.52. The van der Waals surface area contributed by atoms with Crippen molar-refractivity contribution in [2.24, 2.45) is 0 Å². The number of likely N-dealkylation sites (N-methyl/N-ethyl adjacent to an activating group) is 1. The molecule has 0 saturated carbocycles. The number of nitrogens with zero attached hydrogens (tertiary/aromatic N) is 5. The van der Waals surface area contributed by atoms with Crippen LogP contribution >= 0.6 is 11.3 Å². The van der Waals surface area contributed by atoms with Crippen LogP contribution in [-0.2, 0) is 27.1 Å². The monoisotopic (exact) mass is 652 g/mol. The number of carbonyl (C=O) groups is 4. The van der Waals surface area contributed by atoms with Crippen molar-refractivity contribution in [1.29, 1.82) is 0 Å². The van der Waals surface area contributed by atoms with Crippen LogP contribution in [0.4, 0.5) is 42.0 Å². The first-order chi connectivity index (χ1) is 20.3. The second-order valence-corrected chi connectivity index (χ2v) is 11.4. The van der Waals surface area contributed by atoms with Gasteiger partial charge in [-0.15, -0.1) is 11.3 Å². The molecule has 2 fully saturated rings. The highest BCUT2D eigenvalue weighted by atomic mass is 32.1. The Morgan fingerprint density at radius 3 is 2.23 bits per heavy atom. The molecular weight excluding hydrogens is 622 g/mol. The number of urea groups is 1. The van der Waals surface area contributed by atoms with Crippen molar-refractivity contribution in [3.05, 3.63) is 40.9 Å². The van der Waals surface area contributed by atoms with Gasteiger partial charge in [0.05, 0.1) is 5.56 Å². The molecule has 11 nitrogen and oxygen atoms in total. The number of carbonyl (C=O) groups excluding carboxylic acids is 3. The van der Waals surface area contributed by atoms with Crippen molar-refractivity contribution in [3.63, 3.8) is 0 Å². The van der Waals surface area contributed by atoms with Gasteiger partial charge in [0.1, 0.15) is 16.4 Å². The first-order valence-corrected chi connectivity index (χ1v) is 14.0. The fraction of sp³-hybridized carbons (Fsp3) is 0.500. The third-order valence-electron chi connectivity index (χ3n) is 6.88. The summed E-state index contributed by atoms with van der Waals surface area (Å²) in [5, 5.41) is 10.7. The minimum absolute atomic E-state index is 0.0122. The summed E-state index contributed by atoms with van der Waals surface area (Å²) < 4.78 is 70.9. The minimum atomic E-state index is -5.08. The van der Waals surface area contributed by atoms with Gasteiger partial charge in [-0.05, 0) is 44.7 Å². The summed E-state index contributed by atoms with van der Waals surface area (Å²) in [5.41, 5.74) is -1.58. The molecule has 4 heterocycles. The number of nitrogens with one attached hydrogen (secondary N) is 1. The van der Waals surface area contributed by atoms with Crippen LogP contribution in [-0.4, -0.2) is 100 Å². The van der Waals surface area contributed by atoms with Crippen LogP contribution in [0.3, 0.4) is 0 Å². The maximum absolute atomic E-state index is 13.2. The number of aromatic nitrogens is 1. The molecule has 4 rings (SSSR count). The van der Waals surface area contributed by atoms with Crippen LogP contribution in [0.2, 0.25) is 0 Å². The third-order valence-corrected chi connectivity index (χ3v) is 7.80. The lowest BCUT2D eigenvalue weighted by Gasteiger charge is -2.32. The quantitative estimate of drug-likeness (QED) is 0.338. The van der Waals surface area contributed by atoms with Crippen LogP contribution in [0.1, 0.15) is 31.4 Å². The number of carboxylic acids is 1. The fourth-order valence-corrected chi connectivity index (χ4v) is 5.16. The van der Waals surface area contributed by atoms with Crippen molar-refractivity contribution in [2.75, 3.05) is 50.0 Å². The number of amides is 4. The number of alkyl halides is 6. The number of thiophene rings is 1. The summed E-state index contributed by atoms with van der Waals surface area (Å²) in [7, 11) is 2.07. The van der Waals surface area contributed by atoms with Crippen LogP contribution in [0, 0.1) is 0 Å². The van der Waals surface area contributed by atoms with Crippen LogP contribution in [0.15, 0.2) is 29.8 Å². The van der Waals surface area contributed by atoms with Gasteiger partial charge in [0.25, 0.3) is 5.91 Å². The van der Waals surface area contributed by atoms with Crippen molar-refractivity contribution in [1.82, 2.24) is 19.7 Å². The second-order valence-electron chi connectivity index (χ2n) is 10.5. The van der Waals surface area contributed by atoms with E-state index in [1.54, 1.807) is 26.0 Å². The van der Waals surface area contributed by atoms with Gasteiger partial charge >= 0.3 is 24.4 Å². The Balaban J connectivity index is 0.000000676. The Hall–Kier alpha value is -3.77. The van der Waals surface area contributed by atoms with Crippen LogP contribution in [0.5, 0.6) is 0 Å². The third kappa shape index (κ3) is 8.66. The number of piperazine rings is 1. The first kappa shape index (κ1) is 34.7. The zero-order valence-electron chi connectivity index (χ0n) is 23.8. The SMILES string of the molecule is CN1CCN(CCC(=O)Nc2cc(CN3C(=O)N(c4cc(C(F)(F)F)cs4)C(=O)C3(C)C)ccn2)CC1.O=C(O)C(F)(F)F. The summed E-state index contributed by atoms with van der Waals surface area (Å²) in [6.45, 7) is 7.51. The van der Waals surface area contributed by atoms with E-state index in [0.29, 0.717) is 35.7 Å². The van der Waals surface area contributed by atoms with E-state index < -0.39 is 41.4 Å². The van der Waals surface area contributed by atoms with Gasteiger partial charge in [0, 0.05) is 57.3 Å².